The van der Waals surface area contributed by atoms with Crippen molar-refractivity contribution >= 4 is 10.8 Å². The van der Waals surface area contributed by atoms with Gasteiger partial charge in [-0.1, -0.05) is 44.7 Å². The van der Waals surface area contributed by atoms with Crippen LogP contribution in [-0.2, 0) is 45.1 Å². The van der Waals surface area contributed by atoms with Crippen molar-refractivity contribution in [1.82, 2.24) is 0 Å². The normalized spacial score (nSPS) is 11.3. The zero-order valence-corrected chi connectivity index (χ0v) is 26.5. The average molecular weight is 602 g/mol. The Labute approximate surface area is 223 Å². The molecule has 0 fully saturated rings. The fourth-order valence-electron chi connectivity index (χ4n) is 4.16. The summed E-state index contributed by atoms with van der Waals surface area (Å²) in [5.41, 5.74) is 5.34. The van der Waals surface area contributed by atoms with E-state index in [1.54, 1.807) is 16.7 Å². The molecule has 3 aromatic carbocycles. The molecule has 3 aromatic rings. The van der Waals surface area contributed by atoms with Gasteiger partial charge in [-0.25, -0.2) is 12.1 Å². The number of fused-ring (bicyclic) bond motifs is 2. The van der Waals surface area contributed by atoms with E-state index in [2.05, 4.69) is 45.0 Å². The predicted molar refractivity (Wildman–Crippen MR) is 151 cm³/mol. The van der Waals surface area contributed by atoms with Crippen molar-refractivity contribution in [2.24, 2.45) is 5.41 Å². The Morgan fingerprint density at radius 1 is 0.812 bits per heavy atom. The minimum absolute atomic E-state index is 0. The van der Waals surface area contributed by atoms with Crippen LogP contribution in [-0.4, -0.2) is 0 Å². The third-order valence-electron chi connectivity index (χ3n) is 5.89. The molecule has 0 spiro atoms. The van der Waals surface area contributed by atoms with Gasteiger partial charge in [0.1, 0.15) is 0 Å². The van der Waals surface area contributed by atoms with Gasteiger partial charge in [0.15, 0.2) is 0 Å². The van der Waals surface area contributed by atoms with E-state index in [0.29, 0.717) is 5.41 Å². The third-order valence-corrected chi connectivity index (χ3v) is 5.89. The second-order valence-electron chi connectivity index (χ2n) is 7.34. The molecule has 0 heterocycles. The molecule has 0 N–H and O–H groups in total. The second-order valence-corrected chi connectivity index (χ2v) is 7.34. The van der Waals surface area contributed by atoms with Crippen molar-refractivity contribution in [2.75, 3.05) is 0 Å². The van der Waals surface area contributed by atoms with Crippen molar-refractivity contribution in [3.05, 3.63) is 123 Å². The van der Waals surface area contributed by atoms with E-state index in [1.807, 2.05) is 30.3 Å². The standard InChI is InChI=1S/C19H25.C5H5.7CH3.Hf/c1-4-7-14-8-9-15-10-16-12-19(5-2,6-3)13-17(16)11-18(14)15;1-2-4-5-3-1;;;;;;;;/h8-11H,4-7,12-13H2,1-3H3;1-5H;7*1H3;/q9*-1;. The summed E-state index contributed by atoms with van der Waals surface area (Å²) in [7, 11) is 0. The number of hydrogen-bond acceptors (Lipinski definition) is 0. The van der Waals surface area contributed by atoms with Crippen molar-refractivity contribution in [2.45, 2.75) is 59.3 Å². The fraction of sp³-hybridized carbons (Fsp3) is 0.323. The van der Waals surface area contributed by atoms with Gasteiger partial charge >= 0.3 is 0 Å². The molecule has 1 aliphatic rings. The van der Waals surface area contributed by atoms with Gasteiger partial charge in [-0.2, -0.15) is 24.3 Å². The molecule has 0 aromatic heterocycles. The average Bonchev–Trinajstić information content (AvgIpc) is 3.34. The Hall–Kier alpha value is -0.950. The molecule has 0 saturated carbocycles. The molecule has 0 radical (unpaired) electrons. The van der Waals surface area contributed by atoms with Gasteiger partial charge in [-0.05, 0) is 31.1 Å². The molecule has 0 amide bonds. The van der Waals surface area contributed by atoms with Crippen molar-refractivity contribution < 1.29 is 25.8 Å². The summed E-state index contributed by atoms with van der Waals surface area (Å²) < 4.78 is 0. The molecule has 0 unspecified atom stereocenters. The van der Waals surface area contributed by atoms with Crippen molar-refractivity contribution in [3.8, 4) is 0 Å². The Balaban J connectivity index is -0.000000117. The summed E-state index contributed by atoms with van der Waals surface area (Å²) >= 11 is 0. The van der Waals surface area contributed by atoms with Crippen LogP contribution in [0.15, 0.2) is 54.6 Å². The van der Waals surface area contributed by atoms with Crippen LogP contribution in [0.4, 0.5) is 0 Å². The summed E-state index contributed by atoms with van der Waals surface area (Å²) in [6.07, 6.45) is 7.66. The van der Waals surface area contributed by atoms with E-state index in [9.17, 15) is 0 Å². The van der Waals surface area contributed by atoms with Gasteiger partial charge in [-0.3, -0.25) is 0 Å². The summed E-state index contributed by atoms with van der Waals surface area (Å²) in [6.45, 7) is 6.99. The number of hydrogen-bond donors (Lipinski definition) is 0. The maximum Gasteiger partial charge on any atom is 0 e. The SMILES string of the molecule is CCC[c-]1ccc2cc3c(cc21)CC(CC)(CC)C3.[CH3-].[CH3-].[CH3-].[CH3-].[CH3-].[CH3-].[CH3-].[Hf].c1cc[cH-]c1. The van der Waals surface area contributed by atoms with Crippen LogP contribution in [0.2, 0.25) is 0 Å². The molecule has 188 valence electrons. The quantitative estimate of drug-likeness (QED) is 0.206. The number of aryl methyl sites for hydroxylation is 1. The van der Waals surface area contributed by atoms with Crippen LogP contribution in [0.5, 0.6) is 0 Å². The van der Waals surface area contributed by atoms with Gasteiger partial charge in [0.25, 0.3) is 0 Å². The first-order chi connectivity index (χ1) is 11.7. The Bertz CT molecular complexity index is 740. The molecule has 0 saturated heterocycles. The zero-order valence-electron chi connectivity index (χ0n) is 22.9. The molecule has 1 aliphatic carbocycles. The van der Waals surface area contributed by atoms with E-state index in [4.69, 9.17) is 0 Å². The van der Waals surface area contributed by atoms with Crippen molar-refractivity contribution in [3.63, 3.8) is 0 Å². The van der Waals surface area contributed by atoms with E-state index < -0.39 is 0 Å². The zero-order chi connectivity index (χ0) is 17.0. The maximum atomic E-state index is 2.50. The topological polar surface area (TPSA) is 0 Å². The summed E-state index contributed by atoms with van der Waals surface area (Å²) in [5.74, 6) is 0. The summed E-state index contributed by atoms with van der Waals surface area (Å²) in [5, 5.41) is 2.98. The first-order valence-corrected chi connectivity index (χ1v) is 9.58. The van der Waals surface area contributed by atoms with E-state index in [0.717, 1.165) is 0 Å². The van der Waals surface area contributed by atoms with Gasteiger partial charge in [0, 0.05) is 25.8 Å². The smallest absolute Gasteiger partial charge is 0 e. The monoisotopic (exact) mass is 603 g/mol. The van der Waals surface area contributed by atoms with Gasteiger partial charge < -0.3 is 52.0 Å². The first kappa shape index (κ1) is 44.7. The Morgan fingerprint density at radius 3 is 1.72 bits per heavy atom. The van der Waals surface area contributed by atoms with Crippen LogP contribution < -0.4 is 0 Å². The van der Waals surface area contributed by atoms with E-state index in [1.165, 1.54) is 49.3 Å². The van der Waals surface area contributed by atoms with Crippen LogP contribution in [0.1, 0.15) is 56.7 Å². The van der Waals surface area contributed by atoms with Crippen LogP contribution in [0.25, 0.3) is 10.8 Å². The van der Waals surface area contributed by atoms with E-state index >= 15 is 0 Å². The van der Waals surface area contributed by atoms with Gasteiger partial charge in [0.2, 0.25) is 0 Å². The summed E-state index contributed by atoms with van der Waals surface area (Å²) in [4.78, 5) is 0. The van der Waals surface area contributed by atoms with Crippen LogP contribution in [0.3, 0.4) is 0 Å². The second kappa shape index (κ2) is 20.6. The molecule has 1 heteroatoms. The molecule has 0 atom stereocenters. The van der Waals surface area contributed by atoms with Gasteiger partial charge in [-0.15, -0.1) is 34.5 Å². The molecule has 0 nitrogen and oxygen atoms in total. The van der Waals surface area contributed by atoms with Gasteiger partial charge in [0.05, 0.1) is 0 Å². The Kier molecular flexibility index (Phi) is 28.8. The molecule has 32 heavy (non-hydrogen) atoms. The molecular formula is C31H51Hf-9. The minimum atomic E-state index is 0. The fourth-order valence-corrected chi connectivity index (χ4v) is 4.16. The molecule has 0 aliphatic heterocycles. The summed E-state index contributed by atoms with van der Waals surface area (Å²) in [6, 6.07) is 19.6. The molecular weight excluding hydrogens is 551 g/mol. The third kappa shape index (κ3) is 9.90. The van der Waals surface area contributed by atoms with E-state index in [-0.39, 0.29) is 77.8 Å². The number of rotatable bonds is 4. The maximum absolute atomic E-state index is 2.50. The molecule has 4 rings (SSSR count). The van der Waals surface area contributed by atoms with Crippen LogP contribution >= 0.6 is 0 Å². The number of benzene rings is 1. The Morgan fingerprint density at radius 2 is 1.31 bits per heavy atom. The largest absolute Gasteiger partial charge is 0.358 e. The minimum Gasteiger partial charge on any atom is -0.358 e. The molecule has 0 bridgehead atoms. The first-order valence-electron chi connectivity index (χ1n) is 9.58. The van der Waals surface area contributed by atoms with Crippen molar-refractivity contribution in [1.29, 1.82) is 0 Å². The van der Waals surface area contributed by atoms with Crippen LogP contribution in [0, 0.1) is 57.4 Å². The predicted octanol–water partition coefficient (Wildman–Crippen LogP) is 9.97.